The minimum absolute atomic E-state index is 0.175. The van der Waals surface area contributed by atoms with Crippen molar-refractivity contribution in [2.75, 3.05) is 14.2 Å². The van der Waals surface area contributed by atoms with E-state index in [0.717, 1.165) is 67.8 Å². The smallest absolute Gasteiger partial charge is 0.305 e. The second kappa shape index (κ2) is 14.4. The maximum absolute atomic E-state index is 12.2. The van der Waals surface area contributed by atoms with Gasteiger partial charge in [-0.1, -0.05) is 0 Å². The highest BCUT2D eigenvalue weighted by atomic mass is 16.5. The summed E-state index contributed by atoms with van der Waals surface area (Å²) in [6.07, 6.45) is 17.2. The summed E-state index contributed by atoms with van der Waals surface area (Å²) in [6, 6.07) is 0. The standard InChI is InChI=1S/C38H38N4O6/c1-21-25(9-7-15-43)33-18-31-22(2)26(10-8-16-44)34(41-31)19-32-24(4)28(12-14-38(46)48-6)36(42-32)20-35-27(11-13-37(45)47-5)23(3)30(40-35)17-29(21)39-33/h7-10,15-20,41,44H,11-14H2,1-6H3/b9-7+,16-8?,26-10?,30-17?,33-18?,34-19?,36-20?. The summed E-state index contributed by atoms with van der Waals surface area (Å²) >= 11 is 0. The minimum atomic E-state index is -0.326. The van der Waals surface area contributed by atoms with Crippen molar-refractivity contribution in [3.8, 4) is 0 Å². The van der Waals surface area contributed by atoms with Crippen LogP contribution < -0.4 is 10.6 Å². The summed E-state index contributed by atoms with van der Waals surface area (Å²) in [6.45, 7) is 7.88. The number of methoxy groups -OCH3 is 2. The van der Waals surface area contributed by atoms with Crippen LogP contribution >= 0.6 is 0 Å². The molecule has 5 heterocycles. The molecule has 1 aromatic heterocycles. The van der Waals surface area contributed by atoms with Gasteiger partial charge in [-0.15, -0.1) is 0 Å². The third-order valence-electron chi connectivity index (χ3n) is 8.86. The molecule has 0 aromatic carbocycles. The Bertz CT molecular complexity index is 2080. The summed E-state index contributed by atoms with van der Waals surface area (Å²) in [4.78, 5) is 54.3. The predicted octanol–water partition coefficient (Wildman–Crippen LogP) is 5.05. The molecule has 10 nitrogen and oxygen atoms in total. The monoisotopic (exact) mass is 646 g/mol. The number of rotatable bonds is 9. The van der Waals surface area contributed by atoms with E-state index < -0.39 is 0 Å². The number of fused-ring (bicyclic) bond motifs is 5. The number of carbonyl (C=O) groups excluding carboxylic acids is 3. The Balaban J connectivity index is 1.82. The predicted molar refractivity (Wildman–Crippen MR) is 188 cm³/mol. The average molecular weight is 647 g/mol. The van der Waals surface area contributed by atoms with E-state index in [-0.39, 0.29) is 24.8 Å². The number of nitrogens with one attached hydrogen (secondary N) is 1. The molecule has 0 saturated carbocycles. The summed E-state index contributed by atoms with van der Waals surface area (Å²) in [5.74, 6) is -0.650. The quantitative estimate of drug-likeness (QED) is 0.166. The van der Waals surface area contributed by atoms with Crippen LogP contribution in [0.5, 0.6) is 0 Å². The van der Waals surface area contributed by atoms with Gasteiger partial charge in [-0.2, -0.15) is 0 Å². The van der Waals surface area contributed by atoms with Crippen LogP contribution in [0.3, 0.4) is 0 Å². The number of aliphatic imine (C=N–C) groups is 3. The summed E-state index contributed by atoms with van der Waals surface area (Å²) in [5.41, 5.74) is 11.1. The zero-order chi connectivity index (χ0) is 34.5. The van der Waals surface area contributed by atoms with Crippen LogP contribution in [0.1, 0.15) is 57.7 Å². The molecule has 1 aromatic rings. The number of aromatic nitrogens is 1. The number of hydrogen-bond acceptors (Lipinski definition) is 9. The number of aliphatic hydroxyl groups is 1. The zero-order valence-electron chi connectivity index (χ0n) is 27.9. The maximum Gasteiger partial charge on any atom is 0.305 e. The summed E-state index contributed by atoms with van der Waals surface area (Å²) in [7, 11) is 2.74. The van der Waals surface area contributed by atoms with Gasteiger partial charge in [0.2, 0.25) is 0 Å². The van der Waals surface area contributed by atoms with E-state index in [4.69, 9.17) is 24.5 Å². The van der Waals surface area contributed by atoms with Gasteiger partial charge in [-0.05, 0) is 123 Å². The zero-order valence-corrected chi connectivity index (χ0v) is 27.9. The number of hydrogen-bond donors (Lipinski definition) is 2. The van der Waals surface area contributed by atoms with Crippen LogP contribution in [0.15, 0.2) is 102 Å². The van der Waals surface area contributed by atoms with E-state index in [0.29, 0.717) is 47.1 Å². The van der Waals surface area contributed by atoms with Gasteiger partial charge in [0.15, 0.2) is 0 Å². The highest BCUT2D eigenvalue weighted by Crippen LogP contribution is 2.36. The van der Waals surface area contributed by atoms with Gasteiger partial charge in [0.25, 0.3) is 0 Å². The van der Waals surface area contributed by atoms with Gasteiger partial charge in [-0.25, -0.2) is 15.0 Å². The SMILES string of the molecule is COC(=O)CCC1=C(C)C2=NC1=CC1=NC(=CC3=NC(=Cc4[nH]c(c(=CC=CO)c4C)=C2)C(/C=C/C=O)=C3C)C(C)=C1CCC(=O)OC. The fraction of sp³-hybridized carbons (Fsp3) is 0.263. The van der Waals surface area contributed by atoms with Crippen molar-refractivity contribution in [1.29, 1.82) is 0 Å². The number of carbonyl (C=O) groups is 3. The topological polar surface area (TPSA) is 143 Å². The van der Waals surface area contributed by atoms with E-state index in [1.165, 1.54) is 20.3 Å². The minimum Gasteiger partial charge on any atom is -0.516 e. The lowest BCUT2D eigenvalue weighted by atomic mass is 9.96. The highest BCUT2D eigenvalue weighted by Gasteiger charge is 2.27. The molecule has 0 unspecified atom stereocenters. The first-order chi connectivity index (χ1) is 23.1. The van der Waals surface area contributed by atoms with Gasteiger partial charge in [0.05, 0.1) is 54.7 Å². The normalized spacial score (nSPS) is 17.8. The molecule has 0 radical (unpaired) electrons. The second-order valence-corrected chi connectivity index (χ2v) is 11.6. The number of aromatic amines is 1. The molecule has 4 aliphatic heterocycles. The van der Waals surface area contributed by atoms with Crippen LogP contribution in [-0.4, -0.2) is 59.7 Å². The van der Waals surface area contributed by atoms with Crippen LogP contribution in [-0.2, 0) is 23.9 Å². The van der Waals surface area contributed by atoms with E-state index in [1.807, 2.05) is 58.1 Å². The molecule has 0 aliphatic carbocycles. The Morgan fingerprint density at radius 1 is 0.771 bits per heavy atom. The fourth-order valence-electron chi connectivity index (χ4n) is 6.06. The number of H-pyrrole nitrogens is 1. The Labute approximate surface area is 278 Å². The Hall–Kier alpha value is -5.64. The van der Waals surface area contributed by atoms with E-state index in [2.05, 4.69) is 4.98 Å². The highest BCUT2D eigenvalue weighted by molar-refractivity contribution is 6.24. The van der Waals surface area contributed by atoms with Crippen molar-refractivity contribution in [2.45, 2.75) is 53.4 Å². The lowest BCUT2D eigenvalue weighted by Crippen LogP contribution is -2.25. The molecule has 8 bridgehead atoms. The lowest BCUT2D eigenvalue weighted by molar-refractivity contribution is -0.141. The van der Waals surface area contributed by atoms with Gasteiger partial charge in [0.1, 0.15) is 6.29 Å². The Kier molecular flexibility index (Phi) is 10.1. The molecular formula is C38H38N4O6. The number of allylic oxidation sites excluding steroid dienone is 10. The number of aldehydes is 1. The molecule has 4 aliphatic rings. The molecule has 0 spiro atoms. The van der Waals surface area contributed by atoms with Crippen molar-refractivity contribution >= 4 is 53.6 Å². The summed E-state index contributed by atoms with van der Waals surface area (Å²) < 4.78 is 9.87. The van der Waals surface area contributed by atoms with E-state index >= 15 is 0 Å². The molecular weight excluding hydrogens is 608 g/mol. The average Bonchev–Trinajstić information content (AvgIpc) is 3.73. The molecule has 2 N–H and O–H groups in total. The molecule has 0 fully saturated rings. The third kappa shape index (κ3) is 6.73. The van der Waals surface area contributed by atoms with Crippen molar-refractivity contribution < 1.29 is 29.0 Å². The second-order valence-electron chi connectivity index (χ2n) is 11.6. The molecule has 10 heteroatoms. The van der Waals surface area contributed by atoms with Gasteiger partial charge in [-0.3, -0.25) is 14.4 Å². The Morgan fingerprint density at radius 3 is 2.06 bits per heavy atom. The molecule has 0 saturated heterocycles. The number of aliphatic hydroxyl groups excluding tert-OH is 1. The maximum atomic E-state index is 12.2. The van der Waals surface area contributed by atoms with Crippen molar-refractivity contribution in [2.24, 2.45) is 15.0 Å². The van der Waals surface area contributed by atoms with Crippen LogP contribution in [0.4, 0.5) is 0 Å². The largest absolute Gasteiger partial charge is 0.516 e. The fourth-order valence-corrected chi connectivity index (χ4v) is 6.06. The molecule has 0 amide bonds. The Morgan fingerprint density at radius 2 is 1.40 bits per heavy atom. The number of esters is 2. The summed E-state index contributed by atoms with van der Waals surface area (Å²) in [5, 5.41) is 11.1. The first-order valence-corrected chi connectivity index (χ1v) is 15.6. The first kappa shape index (κ1) is 33.7. The van der Waals surface area contributed by atoms with Crippen LogP contribution in [0.2, 0.25) is 0 Å². The first-order valence-electron chi connectivity index (χ1n) is 15.6. The van der Waals surface area contributed by atoms with Gasteiger partial charge >= 0.3 is 11.9 Å². The number of nitrogens with zero attached hydrogens (tertiary/aromatic N) is 3. The molecule has 5 rings (SSSR count). The molecule has 0 atom stereocenters. The van der Waals surface area contributed by atoms with Crippen LogP contribution in [0.25, 0.3) is 18.2 Å². The lowest BCUT2D eigenvalue weighted by Gasteiger charge is -2.08. The van der Waals surface area contributed by atoms with Crippen molar-refractivity contribution in [1.82, 2.24) is 4.98 Å². The van der Waals surface area contributed by atoms with E-state index in [9.17, 15) is 19.5 Å². The van der Waals surface area contributed by atoms with E-state index in [1.54, 1.807) is 12.2 Å². The van der Waals surface area contributed by atoms with Gasteiger partial charge < -0.3 is 19.6 Å². The van der Waals surface area contributed by atoms with Gasteiger partial charge in [0, 0.05) is 34.7 Å². The van der Waals surface area contributed by atoms with Crippen molar-refractivity contribution in [3.63, 3.8) is 0 Å². The molecule has 48 heavy (non-hydrogen) atoms. The van der Waals surface area contributed by atoms with Crippen LogP contribution in [0, 0.1) is 6.92 Å². The van der Waals surface area contributed by atoms with Crippen molar-refractivity contribution in [3.05, 3.63) is 109 Å². The molecule has 246 valence electrons. The third-order valence-corrected chi connectivity index (χ3v) is 8.86. The number of ether oxygens (including phenoxy) is 2.